The summed E-state index contributed by atoms with van der Waals surface area (Å²) in [7, 11) is 1.96. The Balaban J connectivity index is 2.53. The van der Waals surface area contributed by atoms with E-state index in [-0.39, 0.29) is 0 Å². The fourth-order valence-electron chi connectivity index (χ4n) is 2.10. The highest BCUT2D eigenvalue weighted by Gasteiger charge is 2.14. The van der Waals surface area contributed by atoms with E-state index in [1.54, 1.807) is 0 Å². The Bertz CT molecular complexity index is 573. The van der Waals surface area contributed by atoms with Gasteiger partial charge in [0, 0.05) is 24.1 Å². The van der Waals surface area contributed by atoms with Crippen molar-refractivity contribution in [2.45, 2.75) is 26.7 Å². The Morgan fingerprint density at radius 1 is 1.39 bits per heavy atom. The molecular formula is C14H18ClN3. The third-order valence-electron chi connectivity index (χ3n) is 3.15. The van der Waals surface area contributed by atoms with Crippen LogP contribution in [0.5, 0.6) is 0 Å². The lowest BCUT2D eigenvalue weighted by Gasteiger charge is -2.04. The molecule has 1 aromatic carbocycles. The van der Waals surface area contributed by atoms with Crippen molar-refractivity contribution in [2.75, 3.05) is 5.73 Å². The van der Waals surface area contributed by atoms with Gasteiger partial charge >= 0.3 is 0 Å². The maximum atomic E-state index is 6.14. The Kier molecular flexibility index (Phi) is 3.62. The zero-order valence-corrected chi connectivity index (χ0v) is 11.8. The number of hydrogen-bond donors (Lipinski definition) is 1. The van der Waals surface area contributed by atoms with Crippen LogP contribution < -0.4 is 5.73 Å². The average molecular weight is 264 g/mol. The van der Waals surface area contributed by atoms with Crippen LogP contribution in [0.15, 0.2) is 18.2 Å². The molecular weight excluding hydrogens is 246 g/mol. The molecule has 0 saturated carbocycles. The third-order valence-corrected chi connectivity index (χ3v) is 3.38. The molecule has 2 N–H and O–H groups in total. The normalized spacial score (nSPS) is 10.9. The van der Waals surface area contributed by atoms with Crippen LogP contribution >= 0.6 is 11.6 Å². The minimum absolute atomic E-state index is 0.712. The van der Waals surface area contributed by atoms with Gasteiger partial charge in [-0.15, -0.1) is 0 Å². The molecule has 4 heteroatoms. The molecule has 96 valence electrons. The first kappa shape index (κ1) is 13.0. The maximum Gasteiger partial charge on any atom is 0.131 e. The average Bonchev–Trinajstić information content (AvgIpc) is 2.58. The molecule has 0 unspecified atom stereocenters. The van der Waals surface area contributed by atoms with E-state index in [4.69, 9.17) is 17.3 Å². The molecule has 0 bridgehead atoms. The van der Waals surface area contributed by atoms with E-state index in [1.165, 1.54) is 0 Å². The molecule has 0 fully saturated rings. The van der Waals surface area contributed by atoms with Gasteiger partial charge in [0.05, 0.1) is 0 Å². The maximum absolute atomic E-state index is 6.14. The summed E-state index contributed by atoms with van der Waals surface area (Å²) >= 11 is 5.97. The van der Waals surface area contributed by atoms with Crippen LogP contribution in [0, 0.1) is 6.92 Å². The molecule has 18 heavy (non-hydrogen) atoms. The molecule has 0 aliphatic heterocycles. The largest absolute Gasteiger partial charge is 0.383 e. The van der Waals surface area contributed by atoms with Crippen LogP contribution in [0.4, 0.5) is 5.82 Å². The number of benzene rings is 1. The molecule has 0 aliphatic rings. The predicted molar refractivity (Wildman–Crippen MR) is 76.8 cm³/mol. The molecule has 3 nitrogen and oxygen atoms in total. The number of nitrogens with zero attached hydrogens (tertiary/aromatic N) is 2. The SMILES string of the molecule is CCCc1nc(-c2ccc(Cl)cc2C)c(N)n1C. The summed E-state index contributed by atoms with van der Waals surface area (Å²) in [6, 6.07) is 5.79. The van der Waals surface area contributed by atoms with Crippen molar-refractivity contribution in [2.24, 2.45) is 7.05 Å². The first-order valence-corrected chi connectivity index (χ1v) is 6.50. The van der Waals surface area contributed by atoms with Crippen molar-refractivity contribution in [1.29, 1.82) is 0 Å². The summed E-state index contributed by atoms with van der Waals surface area (Å²) in [4.78, 5) is 4.65. The summed E-state index contributed by atoms with van der Waals surface area (Å²) in [5.74, 6) is 1.74. The number of rotatable bonds is 3. The van der Waals surface area contributed by atoms with Crippen LogP contribution in [0.2, 0.25) is 5.02 Å². The van der Waals surface area contributed by atoms with E-state index in [1.807, 2.05) is 36.7 Å². The molecule has 0 amide bonds. The van der Waals surface area contributed by atoms with Gasteiger partial charge in [0.25, 0.3) is 0 Å². The number of nitrogens with two attached hydrogens (primary N) is 1. The van der Waals surface area contributed by atoms with Gasteiger partial charge in [0.15, 0.2) is 0 Å². The molecule has 0 aliphatic carbocycles. The van der Waals surface area contributed by atoms with E-state index in [2.05, 4.69) is 11.9 Å². The van der Waals surface area contributed by atoms with Crippen molar-refractivity contribution in [3.63, 3.8) is 0 Å². The standard InChI is InChI=1S/C14H18ClN3/c1-4-5-12-17-13(14(16)18(12)3)11-7-6-10(15)8-9(11)2/h6-8H,4-5,16H2,1-3H3. The van der Waals surface area contributed by atoms with Crippen LogP contribution in [0.3, 0.4) is 0 Å². The predicted octanol–water partition coefficient (Wildman–Crippen LogP) is 3.58. The van der Waals surface area contributed by atoms with Crippen molar-refractivity contribution < 1.29 is 0 Å². The summed E-state index contributed by atoms with van der Waals surface area (Å²) in [5.41, 5.74) is 9.14. The summed E-state index contributed by atoms with van der Waals surface area (Å²) in [6.45, 7) is 4.16. The topological polar surface area (TPSA) is 43.8 Å². The summed E-state index contributed by atoms with van der Waals surface area (Å²) in [6.07, 6.45) is 2.00. The summed E-state index contributed by atoms with van der Waals surface area (Å²) < 4.78 is 1.97. The number of aromatic nitrogens is 2. The quantitative estimate of drug-likeness (QED) is 0.920. The molecule has 0 saturated heterocycles. The number of imidazole rings is 1. The fraction of sp³-hybridized carbons (Fsp3) is 0.357. The van der Waals surface area contributed by atoms with Crippen molar-refractivity contribution in [3.8, 4) is 11.3 Å². The molecule has 0 spiro atoms. The minimum Gasteiger partial charge on any atom is -0.383 e. The smallest absolute Gasteiger partial charge is 0.131 e. The van der Waals surface area contributed by atoms with Crippen LogP contribution in [-0.2, 0) is 13.5 Å². The zero-order chi connectivity index (χ0) is 13.3. The highest BCUT2D eigenvalue weighted by molar-refractivity contribution is 6.30. The monoisotopic (exact) mass is 263 g/mol. The van der Waals surface area contributed by atoms with E-state index >= 15 is 0 Å². The lowest BCUT2D eigenvalue weighted by Crippen LogP contribution is -2.01. The van der Waals surface area contributed by atoms with E-state index in [9.17, 15) is 0 Å². The third kappa shape index (κ3) is 2.23. The Morgan fingerprint density at radius 2 is 2.11 bits per heavy atom. The van der Waals surface area contributed by atoms with E-state index < -0.39 is 0 Å². The van der Waals surface area contributed by atoms with Gasteiger partial charge in [-0.3, -0.25) is 0 Å². The van der Waals surface area contributed by atoms with E-state index in [0.29, 0.717) is 5.82 Å². The Hall–Kier alpha value is -1.48. The molecule has 2 aromatic rings. The lowest BCUT2D eigenvalue weighted by molar-refractivity contribution is 0.764. The first-order valence-electron chi connectivity index (χ1n) is 6.12. The molecule has 0 radical (unpaired) electrons. The van der Waals surface area contributed by atoms with Crippen molar-refractivity contribution >= 4 is 17.4 Å². The van der Waals surface area contributed by atoms with Crippen LogP contribution in [-0.4, -0.2) is 9.55 Å². The van der Waals surface area contributed by atoms with Gasteiger partial charge in [-0.05, 0) is 31.0 Å². The van der Waals surface area contributed by atoms with Crippen LogP contribution in [0.25, 0.3) is 11.3 Å². The Morgan fingerprint density at radius 3 is 2.72 bits per heavy atom. The molecule has 1 heterocycles. The number of halogens is 1. The summed E-state index contributed by atoms with van der Waals surface area (Å²) in [5, 5.41) is 0.736. The highest BCUT2D eigenvalue weighted by atomic mass is 35.5. The van der Waals surface area contributed by atoms with Gasteiger partial charge in [-0.2, -0.15) is 0 Å². The second-order valence-corrected chi connectivity index (χ2v) is 4.97. The molecule has 1 aromatic heterocycles. The molecule has 2 rings (SSSR count). The van der Waals surface area contributed by atoms with Gasteiger partial charge < -0.3 is 10.3 Å². The number of nitrogen functional groups attached to an aromatic ring is 1. The van der Waals surface area contributed by atoms with Crippen LogP contribution in [0.1, 0.15) is 24.7 Å². The second kappa shape index (κ2) is 5.02. The molecule has 0 atom stereocenters. The zero-order valence-electron chi connectivity index (χ0n) is 11.0. The lowest BCUT2D eigenvalue weighted by atomic mass is 10.1. The minimum atomic E-state index is 0.712. The van der Waals surface area contributed by atoms with Crippen molar-refractivity contribution in [3.05, 3.63) is 34.6 Å². The highest BCUT2D eigenvalue weighted by Crippen LogP contribution is 2.30. The van der Waals surface area contributed by atoms with Gasteiger partial charge in [0.2, 0.25) is 0 Å². The van der Waals surface area contributed by atoms with Gasteiger partial charge in [0.1, 0.15) is 17.3 Å². The van der Waals surface area contributed by atoms with Gasteiger partial charge in [-0.25, -0.2) is 4.98 Å². The van der Waals surface area contributed by atoms with E-state index in [0.717, 1.165) is 40.5 Å². The van der Waals surface area contributed by atoms with Crippen molar-refractivity contribution in [1.82, 2.24) is 9.55 Å². The number of aryl methyl sites for hydroxylation is 2. The number of hydrogen-bond acceptors (Lipinski definition) is 2. The first-order chi connectivity index (χ1) is 8.54. The fourth-order valence-corrected chi connectivity index (χ4v) is 2.32. The van der Waals surface area contributed by atoms with Gasteiger partial charge in [-0.1, -0.05) is 24.6 Å². The second-order valence-electron chi connectivity index (χ2n) is 4.53. The Labute approximate surface area is 113 Å². The number of anilines is 1.